The maximum atomic E-state index is 12.7. The number of hydrogen-bond donors (Lipinski definition) is 2. The van der Waals surface area contributed by atoms with Crippen LogP contribution in [0.4, 0.5) is 5.69 Å². The lowest BCUT2D eigenvalue weighted by atomic mass is 10.2. The molecule has 0 radical (unpaired) electrons. The minimum Gasteiger partial charge on any atom is -0.496 e. The fourth-order valence-electron chi connectivity index (χ4n) is 2.66. The van der Waals surface area contributed by atoms with Gasteiger partial charge in [-0.25, -0.2) is 22.0 Å². The van der Waals surface area contributed by atoms with Crippen LogP contribution in [0.2, 0.25) is 0 Å². The molecule has 0 heterocycles. The summed E-state index contributed by atoms with van der Waals surface area (Å²) < 4.78 is 54.6. The summed E-state index contributed by atoms with van der Waals surface area (Å²) in [7, 11) is -6.24. The van der Waals surface area contributed by atoms with Crippen LogP contribution in [0.25, 0.3) is 0 Å². The number of methoxy groups -OCH3 is 1. The number of sulfonamides is 2. The third-order valence-corrected chi connectivity index (χ3v) is 7.17. The van der Waals surface area contributed by atoms with E-state index >= 15 is 0 Å². The van der Waals surface area contributed by atoms with Crippen molar-refractivity contribution in [3.63, 3.8) is 0 Å². The molecular formula is C18H23N3O6S2. The summed E-state index contributed by atoms with van der Waals surface area (Å²) in [5.74, 6) is -0.413. The van der Waals surface area contributed by atoms with E-state index in [1.165, 1.54) is 53.9 Å². The summed E-state index contributed by atoms with van der Waals surface area (Å²) >= 11 is 0. The van der Waals surface area contributed by atoms with E-state index in [0.717, 1.165) is 0 Å². The van der Waals surface area contributed by atoms with Gasteiger partial charge < -0.3 is 10.1 Å². The zero-order valence-electron chi connectivity index (χ0n) is 16.2. The molecule has 0 bridgehead atoms. The number of nitrogens with two attached hydrogens (primary N) is 1. The highest BCUT2D eigenvalue weighted by Gasteiger charge is 2.24. The van der Waals surface area contributed by atoms with Crippen LogP contribution < -0.4 is 15.2 Å². The largest absolute Gasteiger partial charge is 0.496 e. The predicted octanol–water partition coefficient (Wildman–Crippen LogP) is 1.63. The van der Waals surface area contributed by atoms with Crippen LogP contribution in [-0.2, 0) is 20.0 Å². The normalized spacial score (nSPS) is 12.0. The highest BCUT2D eigenvalue weighted by molar-refractivity contribution is 7.89. The number of primary sulfonamides is 1. The standard InChI is InChI=1S/C18H23N3O6S2/c1-4-21(5-2)29(25,26)15-10-11-17(27-3)16(12-15)18(22)20-13-6-8-14(9-7-13)28(19,23)24/h6-12H,4-5H2,1-3H3,(H,20,22)(H2,19,23,24). The van der Waals surface area contributed by atoms with Crippen molar-refractivity contribution in [3.05, 3.63) is 48.0 Å². The predicted molar refractivity (Wildman–Crippen MR) is 109 cm³/mol. The second kappa shape index (κ2) is 8.91. The molecule has 2 aromatic carbocycles. The van der Waals surface area contributed by atoms with E-state index in [9.17, 15) is 21.6 Å². The number of nitrogens with zero attached hydrogens (tertiary/aromatic N) is 1. The minimum atomic E-state index is -3.85. The van der Waals surface area contributed by atoms with Gasteiger partial charge in [-0.3, -0.25) is 4.79 Å². The van der Waals surface area contributed by atoms with Crippen LogP contribution in [0.15, 0.2) is 52.3 Å². The molecule has 0 saturated carbocycles. The quantitative estimate of drug-likeness (QED) is 0.639. The molecule has 0 spiro atoms. The van der Waals surface area contributed by atoms with Crippen LogP contribution >= 0.6 is 0 Å². The Kier molecular flexibility index (Phi) is 7.01. The first-order chi connectivity index (χ1) is 13.5. The van der Waals surface area contributed by atoms with Gasteiger partial charge in [0.25, 0.3) is 5.91 Å². The van der Waals surface area contributed by atoms with Gasteiger partial charge in [0, 0.05) is 18.8 Å². The maximum absolute atomic E-state index is 12.7. The molecule has 29 heavy (non-hydrogen) atoms. The number of carbonyl (C=O) groups excluding carboxylic acids is 1. The Hall–Kier alpha value is -2.47. The van der Waals surface area contributed by atoms with Gasteiger partial charge in [0.1, 0.15) is 5.75 Å². The molecule has 0 aromatic heterocycles. The van der Waals surface area contributed by atoms with Gasteiger partial charge in [-0.2, -0.15) is 4.31 Å². The average Bonchev–Trinajstić information content (AvgIpc) is 2.67. The lowest BCUT2D eigenvalue weighted by molar-refractivity contribution is 0.102. The fourth-order valence-corrected chi connectivity index (χ4v) is 4.66. The molecule has 2 rings (SSSR count). The van der Waals surface area contributed by atoms with Crippen molar-refractivity contribution in [2.75, 3.05) is 25.5 Å². The maximum Gasteiger partial charge on any atom is 0.259 e. The van der Waals surface area contributed by atoms with Crippen molar-refractivity contribution in [2.45, 2.75) is 23.6 Å². The van der Waals surface area contributed by atoms with Crippen molar-refractivity contribution in [2.24, 2.45) is 5.14 Å². The van der Waals surface area contributed by atoms with Gasteiger partial charge in [-0.1, -0.05) is 13.8 Å². The molecule has 0 unspecified atom stereocenters. The van der Waals surface area contributed by atoms with Crippen molar-refractivity contribution in [1.29, 1.82) is 0 Å². The number of rotatable bonds is 8. The van der Waals surface area contributed by atoms with Crippen LogP contribution in [0.1, 0.15) is 24.2 Å². The van der Waals surface area contributed by atoms with E-state index in [4.69, 9.17) is 9.88 Å². The topological polar surface area (TPSA) is 136 Å². The Morgan fingerprint density at radius 3 is 2.03 bits per heavy atom. The van der Waals surface area contributed by atoms with Crippen LogP contribution in [0.5, 0.6) is 5.75 Å². The lowest BCUT2D eigenvalue weighted by Crippen LogP contribution is -2.30. The fraction of sp³-hybridized carbons (Fsp3) is 0.278. The second-order valence-corrected chi connectivity index (χ2v) is 9.47. The summed E-state index contributed by atoms with van der Waals surface area (Å²) in [6.07, 6.45) is 0. The summed E-state index contributed by atoms with van der Waals surface area (Å²) in [6, 6.07) is 9.30. The number of nitrogens with one attached hydrogen (secondary N) is 1. The van der Waals surface area contributed by atoms with Crippen molar-refractivity contribution < 1.29 is 26.4 Å². The molecule has 158 valence electrons. The highest BCUT2D eigenvalue weighted by atomic mass is 32.2. The average molecular weight is 442 g/mol. The molecule has 0 aliphatic heterocycles. The molecule has 0 aliphatic rings. The van der Waals surface area contributed by atoms with Gasteiger partial charge in [0.15, 0.2) is 0 Å². The Balaban J connectivity index is 2.39. The molecule has 2 aromatic rings. The summed E-state index contributed by atoms with van der Waals surface area (Å²) in [4.78, 5) is 12.6. The number of ether oxygens (including phenoxy) is 1. The zero-order valence-corrected chi connectivity index (χ0v) is 17.9. The first kappa shape index (κ1) is 22.8. The molecular weight excluding hydrogens is 418 g/mol. The van der Waals surface area contributed by atoms with Gasteiger partial charge in [-0.05, 0) is 42.5 Å². The van der Waals surface area contributed by atoms with Gasteiger partial charge >= 0.3 is 0 Å². The van der Waals surface area contributed by atoms with E-state index in [0.29, 0.717) is 18.8 Å². The first-order valence-corrected chi connectivity index (χ1v) is 11.7. The number of anilines is 1. The van der Waals surface area contributed by atoms with Crippen molar-refractivity contribution in [3.8, 4) is 5.75 Å². The number of benzene rings is 2. The van der Waals surface area contributed by atoms with Gasteiger partial charge in [0.05, 0.1) is 22.5 Å². The molecule has 9 nitrogen and oxygen atoms in total. The highest BCUT2D eigenvalue weighted by Crippen LogP contribution is 2.26. The molecule has 1 amide bonds. The second-order valence-electron chi connectivity index (χ2n) is 5.97. The first-order valence-electron chi connectivity index (χ1n) is 8.67. The van der Waals surface area contributed by atoms with Crippen LogP contribution in [0, 0.1) is 0 Å². The number of amides is 1. The lowest BCUT2D eigenvalue weighted by Gasteiger charge is -2.19. The van der Waals surface area contributed by atoms with E-state index < -0.39 is 26.0 Å². The van der Waals surface area contributed by atoms with Crippen molar-refractivity contribution >= 4 is 31.6 Å². The molecule has 0 atom stereocenters. The molecule has 0 saturated heterocycles. The summed E-state index contributed by atoms with van der Waals surface area (Å²) in [6.45, 7) is 4.04. The Bertz CT molecular complexity index is 1090. The summed E-state index contributed by atoms with van der Waals surface area (Å²) in [5.41, 5.74) is 0.331. The minimum absolute atomic E-state index is 0.0243. The Morgan fingerprint density at radius 1 is 1.00 bits per heavy atom. The molecule has 11 heteroatoms. The van der Waals surface area contributed by atoms with E-state index in [1.54, 1.807) is 13.8 Å². The molecule has 0 fully saturated rings. The third kappa shape index (κ3) is 5.12. The molecule has 3 N–H and O–H groups in total. The van der Waals surface area contributed by atoms with Gasteiger partial charge in [-0.15, -0.1) is 0 Å². The number of hydrogen-bond acceptors (Lipinski definition) is 6. The van der Waals surface area contributed by atoms with E-state index in [1.807, 2.05) is 0 Å². The van der Waals surface area contributed by atoms with Gasteiger partial charge in [0.2, 0.25) is 20.0 Å². The van der Waals surface area contributed by atoms with Crippen LogP contribution in [-0.4, -0.2) is 47.2 Å². The number of carbonyl (C=O) groups is 1. The van der Waals surface area contributed by atoms with E-state index in [2.05, 4.69) is 5.32 Å². The van der Waals surface area contributed by atoms with E-state index in [-0.39, 0.29) is 21.1 Å². The SMILES string of the molecule is CCN(CC)S(=O)(=O)c1ccc(OC)c(C(=O)Nc2ccc(S(N)(=O)=O)cc2)c1. The monoisotopic (exact) mass is 441 g/mol. The summed E-state index contributed by atoms with van der Waals surface area (Å²) in [5, 5.41) is 7.63. The third-order valence-electron chi connectivity index (χ3n) is 4.20. The molecule has 0 aliphatic carbocycles. The smallest absolute Gasteiger partial charge is 0.259 e. The Labute approximate surface area is 170 Å². The van der Waals surface area contributed by atoms with Crippen LogP contribution in [0.3, 0.4) is 0 Å². The zero-order chi connectivity index (χ0) is 21.8. The Morgan fingerprint density at radius 2 is 1.55 bits per heavy atom. The van der Waals surface area contributed by atoms with Crippen molar-refractivity contribution in [1.82, 2.24) is 4.31 Å².